The van der Waals surface area contributed by atoms with E-state index in [1.165, 1.54) is 0 Å². The number of primary amides is 1. The molecule has 0 radical (unpaired) electrons. The Kier molecular flexibility index (Phi) is 3.45. The summed E-state index contributed by atoms with van der Waals surface area (Å²) in [4.78, 5) is 26.2. The Hall–Kier alpha value is -2.62. The lowest BCUT2D eigenvalue weighted by Crippen LogP contribution is -2.43. The predicted octanol–water partition coefficient (Wildman–Crippen LogP) is 2.02. The summed E-state index contributed by atoms with van der Waals surface area (Å²) in [5, 5.41) is 0. The minimum Gasteiger partial charge on any atom is -0.370 e. The second-order valence-electron chi connectivity index (χ2n) is 5.77. The fourth-order valence-corrected chi connectivity index (χ4v) is 3.36. The summed E-state index contributed by atoms with van der Waals surface area (Å²) < 4.78 is 0. The number of hydrogen-bond donors (Lipinski definition) is 1. The number of hydrogen-bond acceptors (Lipinski definition) is 2. The average molecular weight is 294 g/mol. The maximum absolute atomic E-state index is 12.9. The quantitative estimate of drug-likeness (QED) is 0.937. The predicted molar refractivity (Wildman–Crippen MR) is 85.5 cm³/mol. The van der Waals surface area contributed by atoms with Crippen molar-refractivity contribution in [2.45, 2.75) is 18.3 Å². The molecule has 4 nitrogen and oxygen atoms in total. The monoisotopic (exact) mass is 294 g/mol. The van der Waals surface area contributed by atoms with Crippen molar-refractivity contribution < 1.29 is 9.59 Å². The van der Waals surface area contributed by atoms with Gasteiger partial charge < -0.3 is 10.6 Å². The number of anilines is 1. The first-order valence-corrected chi connectivity index (χ1v) is 7.24. The Morgan fingerprint density at radius 1 is 1.09 bits per heavy atom. The van der Waals surface area contributed by atoms with Crippen LogP contribution in [0.2, 0.25) is 0 Å². The van der Waals surface area contributed by atoms with Gasteiger partial charge in [-0.1, -0.05) is 48.5 Å². The van der Waals surface area contributed by atoms with E-state index in [1.54, 1.807) is 11.9 Å². The van der Waals surface area contributed by atoms with Gasteiger partial charge >= 0.3 is 0 Å². The summed E-state index contributed by atoms with van der Waals surface area (Å²) in [5.74, 6) is -0.536. The van der Waals surface area contributed by atoms with E-state index in [-0.39, 0.29) is 12.3 Å². The summed E-state index contributed by atoms with van der Waals surface area (Å²) in [6.45, 7) is 0. The van der Waals surface area contributed by atoms with E-state index in [2.05, 4.69) is 0 Å². The maximum Gasteiger partial charge on any atom is 0.238 e. The fraction of sp³-hybridized carbons (Fsp3) is 0.222. The van der Waals surface area contributed by atoms with Gasteiger partial charge in [-0.25, -0.2) is 0 Å². The zero-order chi connectivity index (χ0) is 15.7. The molecule has 0 saturated carbocycles. The van der Waals surface area contributed by atoms with E-state index in [0.717, 1.165) is 16.8 Å². The van der Waals surface area contributed by atoms with Crippen molar-refractivity contribution in [1.29, 1.82) is 0 Å². The van der Waals surface area contributed by atoms with Gasteiger partial charge in [0, 0.05) is 19.2 Å². The third kappa shape index (κ3) is 2.17. The molecule has 1 aliphatic rings. The number of amides is 2. The van der Waals surface area contributed by atoms with Gasteiger partial charge in [0.05, 0.1) is 5.41 Å². The minimum absolute atomic E-state index is 0.0160. The van der Waals surface area contributed by atoms with E-state index in [1.807, 2.05) is 54.6 Å². The first kappa shape index (κ1) is 14.3. The van der Waals surface area contributed by atoms with Crippen molar-refractivity contribution in [3.8, 4) is 0 Å². The molecule has 0 saturated heterocycles. The molecular formula is C18H18N2O2. The van der Waals surface area contributed by atoms with E-state index in [9.17, 15) is 9.59 Å². The molecule has 0 aromatic heterocycles. The van der Waals surface area contributed by atoms with Gasteiger partial charge in [0.25, 0.3) is 0 Å². The van der Waals surface area contributed by atoms with Gasteiger partial charge in [-0.15, -0.1) is 0 Å². The molecule has 0 spiro atoms. The van der Waals surface area contributed by atoms with Crippen molar-refractivity contribution in [3.05, 3.63) is 65.7 Å². The third-order valence-electron chi connectivity index (χ3n) is 4.32. The molecule has 1 unspecified atom stereocenters. The van der Waals surface area contributed by atoms with Crippen molar-refractivity contribution in [2.75, 3.05) is 11.9 Å². The number of likely N-dealkylation sites (N-methyl/N-ethyl adjacent to an activating group) is 1. The number of benzene rings is 2. The molecule has 112 valence electrons. The Morgan fingerprint density at radius 2 is 1.73 bits per heavy atom. The highest BCUT2D eigenvalue weighted by Gasteiger charge is 2.50. The Bertz CT molecular complexity index is 727. The SMILES string of the molecule is CN1C(=O)C(CC(N)=O)(Cc2ccccc2)c2ccccc21. The van der Waals surface area contributed by atoms with Crippen LogP contribution in [-0.4, -0.2) is 18.9 Å². The van der Waals surface area contributed by atoms with Crippen LogP contribution in [0.25, 0.3) is 0 Å². The highest BCUT2D eigenvalue weighted by atomic mass is 16.2. The second kappa shape index (κ2) is 5.30. The van der Waals surface area contributed by atoms with Crippen LogP contribution in [0.15, 0.2) is 54.6 Å². The van der Waals surface area contributed by atoms with E-state index in [4.69, 9.17) is 5.73 Å². The number of carbonyl (C=O) groups excluding carboxylic acids is 2. The third-order valence-corrected chi connectivity index (χ3v) is 4.32. The normalized spacial score (nSPS) is 20.0. The van der Waals surface area contributed by atoms with Crippen molar-refractivity contribution in [3.63, 3.8) is 0 Å². The zero-order valence-corrected chi connectivity index (χ0v) is 12.5. The standard InChI is InChI=1S/C18H18N2O2/c1-20-15-10-6-5-9-14(15)18(17(20)22,12-16(19)21)11-13-7-3-2-4-8-13/h2-10H,11-12H2,1H3,(H2,19,21). The molecule has 2 aromatic rings. The largest absolute Gasteiger partial charge is 0.370 e. The van der Waals surface area contributed by atoms with Crippen molar-refractivity contribution in [1.82, 2.24) is 0 Å². The van der Waals surface area contributed by atoms with Gasteiger partial charge in [0.2, 0.25) is 11.8 Å². The van der Waals surface area contributed by atoms with Crippen LogP contribution in [0.3, 0.4) is 0 Å². The van der Waals surface area contributed by atoms with Crippen LogP contribution in [0.1, 0.15) is 17.5 Å². The molecule has 0 aliphatic carbocycles. The molecule has 4 heteroatoms. The molecule has 2 amide bonds. The van der Waals surface area contributed by atoms with E-state index < -0.39 is 11.3 Å². The second-order valence-corrected chi connectivity index (χ2v) is 5.77. The van der Waals surface area contributed by atoms with Crippen LogP contribution in [0.4, 0.5) is 5.69 Å². The lowest BCUT2D eigenvalue weighted by Gasteiger charge is -2.27. The minimum atomic E-state index is -0.904. The summed E-state index contributed by atoms with van der Waals surface area (Å²) in [5.41, 5.74) is 7.31. The van der Waals surface area contributed by atoms with Crippen LogP contribution in [0.5, 0.6) is 0 Å². The molecule has 1 aliphatic heterocycles. The van der Waals surface area contributed by atoms with Crippen LogP contribution in [0, 0.1) is 0 Å². The lowest BCUT2D eigenvalue weighted by molar-refractivity contribution is -0.128. The van der Waals surface area contributed by atoms with Gasteiger partial charge in [0.1, 0.15) is 0 Å². The zero-order valence-electron chi connectivity index (χ0n) is 12.5. The number of nitrogens with zero attached hydrogens (tertiary/aromatic N) is 1. The summed E-state index contributed by atoms with van der Waals surface area (Å²) in [6.07, 6.45) is 0.485. The first-order chi connectivity index (χ1) is 10.5. The van der Waals surface area contributed by atoms with Gasteiger partial charge in [0.15, 0.2) is 0 Å². The molecule has 2 N–H and O–H groups in total. The highest BCUT2D eigenvalue weighted by molar-refractivity contribution is 6.09. The lowest BCUT2D eigenvalue weighted by atomic mass is 9.73. The van der Waals surface area contributed by atoms with Crippen LogP contribution >= 0.6 is 0 Å². The number of fused-ring (bicyclic) bond motifs is 1. The Balaban J connectivity index is 2.14. The molecule has 0 fully saturated rings. The van der Waals surface area contributed by atoms with Crippen molar-refractivity contribution in [2.24, 2.45) is 5.73 Å². The smallest absolute Gasteiger partial charge is 0.238 e. The molecule has 1 heterocycles. The van der Waals surface area contributed by atoms with E-state index >= 15 is 0 Å². The Morgan fingerprint density at radius 3 is 2.41 bits per heavy atom. The molecule has 0 bridgehead atoms. The summed E-state index contributed by atoms with van der Waals surface area (Å²) >= 11 is 0. The number of nitrogens with two attached hydrogens (primary N) is 1. The molecule has 2 aromatic carbocycles. The molecule has 1 atom stereocenters. The van der Waals surface area contributed by atoms with E-state index in [0.29, 0.717) is 6.42 Å². The topological polar surface area (TPSA) is 63.4 Å². The molecule has 3 rings (SSSR count). The number of carbonyl (C=O) groups is 2. The van der Waals surface area contributed by atoms with Crippen LogP contribution < -0.4 is 10.6 Å². The van der Waals surface area contributed by atoms with Gasteiger partial charge in [-0.05, 0) is 23.6 Å². The highest BCUT2D eigenvalue weighted by Crippen LogP contribution is 2.45. The number of rotatable bonds is 4. The summed E-state index contributed by atoms with van der Waals surface area (Å²) in [7, 11) is 1.74. The summed E-state index contributed by atoms with van der Waals surface area (Å²) in [6, 6.07) is 17.3. The fourth-order valence-electron chi connectivity index (χ4n) is 3.36. The Labute approximate surface area is 129 Å². The van der Waals surface area contributed by atoms with Crippen molar-refractivity contribution >= 4 is 17.5 Å². The van der Waals surface area contributed by atoms with Crippen LogP contribution in [-0.2, 0) is 21.4 Å². The molecular weight excluding hydrogens is 276 g/mol. The van der Waals surface area contributed by atoms with Gasteiger partial charge in [-0.3, -0.25) is 9.59 Å². The average Bonchev–Trinajstić information content (AvgIpc) is 2.71. The van der Waals surface area contributed by atoms with Gasteiger partial charge in [-0.2, -0.15) is 0 Å². The maximum atomic E-state index is 12.9. The number of para-hydroxylation sites is 1. The first-order valence-electron chi connectivity index (χ1n) is 7.24. The molecule has 22 heavy (non-hydrogen) atoms.